The van der Waals surface area contributed by atoms with Crippen molar-refractivity contribution < 1.29 is 9.47 Å². The maximum Gasteiger partial charge on any atom is 0.187 e. The number of fused-ring (bicyclic) bond motifs is 1. The molecule has 1 N–H and O–H groups in total. The third kappa shape index (κ3) is 4.87. The molecule has 3 aliphatic heterocycles. The number of piperidine rings is 1. The molecule has 0 atom stereocenters. The van der Waals surface area contributed by atoms with E-state index in [2.05, 4.69) is 52.2 Å². The fourth-order valence-electron chi connectivity index (χ4n) is 5.35. The normalized spacial score (nSPS) is 20.8. The number of hydrogen-bond donors (Lipinski definition) is 1. The first kappa shape index (κ1) is 23.2. The van der Waals surface area contributed by atoms with E-state index in [9.17, 15) is 0 Å². The SMILES string of the molecule is CC1(C)COC(C2CCN(c3nc(-c4ccnc(NC5CCOCC5)c4)cc4cnccc34)CC2)=N1. The van der Waals surface area contributed by atoms with Crippen LogP contribution >= 0.6 is 0 Å². The second kappa shape index (κ2) is 9.65. The van der Waals surface area contributed by atoms with E-state index in [1.54, 1.807) is 0 Å². The molecule has 2 saturated heterocycles. The Labute approximate surface area is 212 Å². The van der Waals surface area contributed by atoms with Crippen LogP contribution < -0.4 is 10.2 Å². The molecule has 0 aliphatic carbocycles. The van der Waals surface area contributed by atoms with Crippen LogP contribution in [-0.2, 0) is 9.47 Å². The Morgan fingerprint density at radius 2 is 1.86 bits per heavy atom. The summed E-state index contributed by atoms with van der Waals surface area (Å²) >= 11 is 0. The third-order valence-corrected chi connectivity index (χ3v) is 7.37. The van der Waals surface area contributed by atoms with Gasteiger partial charge in [0.15, 0.2) is 5.90 Å². The highest BCUT2D eigenvalue weighted by Gasteiger charge is 2.33. The number of aliphatic imine (C=N–C) groups is 1. The van der Waals surface area contributed by atoms with E-state index in [-0.39, 0.29) is 5.54 Å². The fraction of sp³-hybridized carbons (Fsp3) is 0.500. The van der Waals surface area contributed by atoms with Gasteiger partial charge in [-0.15, -0.1) is 0 Å². The van der Waals surface area contributed by atoms with Crippen LogP contribution in [0.1, 0.15) is 39.5 Å². The van der Waals surface area contributed by atoms with Crippen LogP contribution in [0.4, 0.5) is 11.6 Å². The molecule has 0 saturated carbocycles. The summed E-state index contributed by atoms with van der Waals surface area (Å²) in [5.74, 6) is 3.23. The first-order valence-corrected chi connectivity index (χ1v) is 13.1. The van der Waals surface area contributed by atoms with E-state index in [1.807, 2.05) is 24.7 Å². The Morgan fingerprint density at radius 1 is 1.03 bits per heavy atom. The Morgan fingerprint density at radius 3 is 2.64 bits per heavy atom. The molecular formula is C28H34N6O2. The molecule has 8 heteroatoms. The smallest absolute Gasteiger partial charge is 0.187 e. The minimum Gasteiger partial charge on any atom is -0.478 e. The number of hydrogen-bond acceptors (Lipinski definition) is 8. The van der Waals surface area contributed by atoms with Gasteiger partial charge in [0, 0.05) is 73.2 Å². The van der Waals surface area contributed by atoms with Gasteiger partial charge >= 0.3 is 0 Å². The molecule has 0 aromatic carbocycles. The summed E-state index contributed by atoms with van der Waals surface area (Å²) in [6, 6.07) is 8.74. The van der Waals surface area contributed by atoms with Gasteiger partial charge in [0.2, 0.25) is 0 Å². The van der Waals surface area contributed by atoms with Crippen molar-refractivity contribution in [2.45, 2.75) is 51.1 Å². The minimum absolute atomic E-state index is 0.103. The number of aromatic nitrogens is 3. The summed E-state index contributed by atoms with van der Waals surface area (Å²) < 4.78 is 11.4. The molecular weight excluding hydrogens is 452 g/mol. The van der Waals surface area contributed by atoms with Gasteiger partial charge in [-0.3, -0.25) is 4.98 Å². The molecule has 3 aromatic heterocycles. The predicted molar refractivity (Wildman–Crippen MR) is 143 cm³/mol. The molecule has 2 fully saturated rings. The van der Waals surface area contributed by atoms with Crippen LogP contribution in [-0.4, -0.2) is 65.3 Å². The standard InChI is InChI=1S/C28H34N6O2/c1-28(2)18-36-27(33-28)19-5-11-34(12-6-19)26-23-4-9-29-17-21(23)15-24(32-26)20-3-10-30-25(16-20)31-22-7-13-35-14-8-22/h3-4,9-10,15-17,19,22H,5-8,11-14,18H2,1-2H3,(H,30,31). The zero-order valence-corrected chi connectivity index (χ0v) is 21.1. The number of anilines is 2. The lowest BCUT2D eigenvalue weighted by atomic mass is 9.96. The van der Waals surface area contributed by atoms with Gasteiger partial charge in [0.05, 0.1) is 11.2 Å². The summed E-state index contributed by atoms with van der Waals surface area (Å²) in [6.07, 6.45) is 9.68. The van der Waals surface area contributed by atoms with Crippen molar-refractivity contribution in [2.24, 2.45) is 10.9 Å². The van der Waals surface area contributed by atoms with E-state index in [0.717, 1.165) is 91.5 Å². The van der Waals surface area contributed by atoms with Crippen LogP contribution in [0.3, 0.4) is 0 Å². The van der Waals surface area contributed by atoms with Crippen LogP contribution in [0.2, 0.25) is 0 Å². The van der Waals surface area contributed by atoms with E-state index in [4.69, 9.17) is 19.5 Å². The maximum absolute atomic E-state index is 5.95. The number of nitrogens with zero attached hydrogens (tertiary/aromatic N) is 5. The molecule has 3 aliphatic rings. The first-order valence-electron chi connectivity index (χ1n) is 13.1. The Bertz CT molecular complexity index is 1260. The van der Waals surface area contributed by atoms with Crippen molar-refractivity contribution in [1.82, 2.24) is 15.0 Å². The molecule has 0 radical (unpaired) electrons. The fourth-order valence-corrected chi connectivity index (χ4v) is 5.35. The number of ether oxygens (including phenoxy) is 2. The third-order valence-electron chi connectivity index (χ3n) is 7.37. The van der Waals surface area contributed by atoms with Crippen molar-refractivity contribution >= 4 is 28.3 Å². The molecule has 0 bridgehead atoms. The van der Waals surface area contributed by atoms with Crippen LogP contribution in [0.15, 0.2) is 47.8 Å². The maximum atomic E-state index is 5.95. The van der Waals surface area contributed by atoms with E-state index >= 15 is 0 Å². The van der Waals surface area contributed by atoms with Crippen molar-refractivity contribution in [2.75, 3.05) is 43.1 Å². The van der Waals surface area contributed by atoms with E-state index in [1.165, 1.54) is 0 Å². The van der Waals surface area contributed by atoms with Crippen molar-refractivity contribution in [3.8, 4) is 11.3 Å². The summed E-state index contributed by atoms with van der Waals surface area (Å²) in [5.41, 5.74) is 1.89. The predicted octanol–water partition coefficient (Wildman–Crippen LogP) is 4.71. The minimum atomic E-state index is -0.103. The molecule has 3 aromatic rings. The Kier molecular flexibility index (Phi) is 6.21. The zero-order valence-electron chi connectivity index (χ0n) is 21.1. The van der Waals surface area contributed by atoms with E-state index in [0.29, 0.717) is 18.6 Å². The number of nitrogens with one attached hydrogen (secondary N) is 1. The number of rotatable bonds is 5. The molecule has 0 amide bonds. The first-order chi connectivity index (χ1) is 17.5. The molecule has 188 valence electrons. The zero-order chi connectivity index (χ0) is 24.5. The molecule has 0 unspecified atom stereocenters. The van der Waals surface area contributed by atoms with Crippen molar-refractivity contribution in [3.63, 3.8) is 0 Å². The largest absolute Gasteiger partial charge is 0.478 e. The monoisotopic (exact) mass is 486 g/mol. The summed E-state index contributed by atoms with van der Waals surface area (Å²) in [7, 11) is 0. The average molecular weight is 487 g/mol. The molecule has 36 heavy (non-hydrogen) atoms. The van der Waals surface area contributed by atoms with Gasteiger partial charge in [-0.25, -0.2) is 15.0 Å². The lowest BCUT2D eigenvalue weighted by Gasteiger charge is -2.33. The number of pyridine rings is 3. The molecule has 6 heterocycles. The molecule has 8 nitrogen and oxygen atoms in total. The highest BCUT2D eigenvalue weighted by Crippen LogP contribution is 2.34. The van der Waals surface area contributed by atoms with Crippen molar-refractivity contribution in [1.29, 1.82) is 0 Å². The van der Waals surface area contributed by atoms with Crippen LogP contribution in [0.5, 0.6) is 0 Å². The molecule has 6 rings (SSSR count). The Hall–Kier alpha value is -3.26. The second-order valence-electron chi connectivity index (χ2n) is 10.7. The Balaban J connectivity index is 1.26. The summed E-state index contributed by atoms with van der Waals surface area (Å²) in [6.45, 7) is 8.40. The highest BCUT2D eigenvalue weighted by atomic mass is 16.5. The highest BCUT2D eigenvalue weighted by molar-refractivity contribution is 5.94. The van der Waals surface area contributed by atoms with Gasteiger partial charge in [-0.05, 0) is 63.8 Å². The summed E-state index contributed by atoms with van der Waals surface area (Å²) in [4.78, 5) is 21.4. The van der Waals surface area contributed by atoms with Crippen molar-refractivity contribution in [3.05, 3.63) is 42.9 Å². The van der Waals surface area contributed by atoms with Gasteiger partial charge in [-0.1, -0.05) is 0 Å². The van der Waals surface area contributed by atoms with Crippen LogP contribution in [0, 0.1) is 5.92 Å². The summed E-state index contributed by atoms with van der Waals surface area (Å²) in [5, 5.41) is 5.81. The van der Waals surface area contributed by atoms with Gasteiger partial charge in [0.25, 0.3) is 0 Å². The average Bonchev–Trinajstić information content (AvgIpc) is 3.28. The lowest BCUT2D eigenvalue weighted by Crippen LogP contribution is -2.37. The van der Waals surface area contributed by atoms with Gasteiger partial charge < -0.3 is 19.7 Å². The van der Waals surface area contributed by atoms with Crippen LogP contribution in [0.25, 0.3) is 22.0 Å². The quantitative estimate of drug-likeness (QED) is 0.559. The van der Waals surface area contributed by atoms with Gasteiger partial charge in [0.1, 0.15) is 18.2 Å². The second-order valence-corrected chi connectivity index (χ2v) is 10.7. The lowest BCUT2D eigenvalue weighted by molar-refractivity contribution is 0.0904. The molecule has 0 spiro atoms. The van der Waals surface area contributed by atoms with E-state index < -0.39 is 0 Å². The topological polar surface area (TPSA) is 84.8 Å². The van der Waals surface area contributed by atoms with Gasteiger partial charge in [-0.2, -0.15) is 0 Å².